The molecule has 1 aliphatic heterocycles. The summed E-state index contributed by atoms with van der Waals surface area (Å²) in [6.45, 7) is 1.92. The first-order valence-corrected chi connectivity index (χ1v) is 11.6. The van der Waals surface area contributed by atoms with Crippen LogP contribution in [-0.4, -0.2) is 54.1 Å². The van der Waals surface area contributed by atoms with Crippen LogP contribution in [0.3, 0.4) is 0 Å². The fourth-order valence-electron chi connectivity index (χ4n) is 5.00. The van der Waals surface area contributed by atoms with Crippen LogP contribution < -0.4 is 16.0 Å². The first-order valence-electron chi connectivity index (χ1n) is 11.6. The number of carbonyl (C=O) groups excluding carboxylic acids is 2. The molecule has 29 heavy (non-hydrogen) atoms. The molecule has 7 heteroatoms. The number of urea groups is 1. The average Bonchev–Trinajstić information content (AvgIpc) is 2.96. The highest BCUT2D eigenvalue weighted by molar-refractivity contribution is 5.79. The number of hydrogen-bond acceptors (Lipinski definition) is 4. The van der Waals surface area contributed by atoms with Gasteiger partial charge in [0.1, 0.15) is 5.54 Å². The number of likely N-dealkylation sites (tertiary alicyclic amines) is 1. The molecule has 0 aromatic carbocycles. The Labute approximate surface area is 175 Å². The highest BCUT2D eigenvalue weighted by Gasteiger charge is 2.33. The predicted octanol–water partition coefficient (Wildman–Crippen LogP) is 2.82. The molecule has 162 valence electrons. The average molecular weight is 404 g/mol. The van der Waals surface area contributed by atoms with E-state index in [2.05, 4.69) is 26.9 Å². The molecule has 2 saturated carbocycles. The Hall–Kier alpha value is -1.81. The number of piperidine rings is 1. The van der Waals surface area contributed by atoms with Crippen molar-refractivity contribution in [1.82, 2.24) is 20.9 Å². The minimum atomic E-state index is -0.676. The molecule has 0 radical (unpaired) electrons. The van der Waals surface area contributed by atoms with Crippen LogP contribution in [0.25, 0.3) is 0 Å². The third-order valence-electron chi connectivity index (χ3n) is 6.78. The number of nitrogens with zero attached hydrogens (tertiary/aromatic N) is 2. The molecule has 3 amide bonds. The van der Waals surface area contributed by atoms with Gasteiger partial charge in [-0.25, -0.2) is 4.79 Å². The van der Waals surface area contributed by atoms with Crippen molar-refractivity contribution in [1.29, 1.82) is 5.26 Å². The van der Waals surface area contributed by atoms with Crippen LogP contribution in [0.5, 0.6) is 0 Å². The topological polar surface area (TPSA) is 97.3 Å². The lowest BCUT2D eigenvalue weighted by molar-refractivity contribution is -0.124. The number of nitrogens with one attached hydrogen (secondary N) is 3. The summed E-state index contributed by atoms with van der Waals surface area (Å²) in [7, 11) is 0. The molecule has 1 saturated heterocycles. The number of carbonyl (C=O) groups is 2. The maximum Gasteiger partial charge on any atom is 0.315 e. The Morgan fingerprint density at radius 3 is 2.00 bits per heavy atom. The monoisotopic (exact) mass is 403 g/mol. The molecule has 2 aliphatic carbocycles. The van der Waals surface area contributed by atoms with Gasteiger partial charge in [0, 0.05) is 25.2 Å². The van der Waals surface area contributed by atoms with Gasteiger partial charge in [0.15, 0.2) is 0 Å². The molecule has 3 aliphatic rings. The van der Waals surface area contributed by atoms with Crippen molar-refractivity contribution in [2.75, 3.05) is 19.6 Å². The van der Waals surface area contributed by atoms with Crippen molar-refractivity contribution in [2.24, 2.45) is 0 Å². The zero-order valence-corrected chi connectivity index (χ0v) is 17.7. The van der Waals surface area contributed by atoms with E-state index in [4.69, 9.17) is 0 Å². The lowest BCUT2D eigenvalue weighted by Gasteiger charge is -2.33. The van der Waals surface area contributed by atoms with E-state index in [1.54, 1.807) is 0 Å². The minimum absolute atomic E-state index is 0.0441. The summed E-state index contributed by atoms with van der Waals surface area (Å²) in [5, 5.41) is 18.9. The number of hydrogen-bond donors (Lipinski definition) is 3. The Balaban J connectivity index is 1.36. The van der Waals surface area contributed by atoms with Crippen LogP contribution >= 0.6 is 0 Å². The second kappa shape index (κ2) is 10.8. The number of nitriles is 1. The molecular weight excluding hydrogens is 366 g/mol. The van der Waals surface area contributed by atoms with Gasteiger partial charge in [0.25, 0.3) is 0 Å². The van der Waals surface area contributed by atoms with E-state index in [1.165, 1.54) is 19.3 Å². The Morgan fingerprint density at radius 1 is 0.862 bits per heavy atom. The van der Waals surface area contributed by atoms with Gasteiger partial charge in [-0.2, -0.15) is 5.26 Å². The van der Waals surface area contributed by atoms with E-state index in [0.717, 1.165) is 77.3 Å². The molecule has 3 N–H and O–H groups in total. The first kappa shape index (κ1) is 21.9. The summed E-state index contributed by atoms with van der Waals surface area (Å²) in [5.41, 5.74) is -0.676. The maximum absolute atomic E-state index is 12.6. The zero-order valence-electron chi connectivity index (χ0n) is 17.7. The summed E-state index contributed by atoms with van der Waals surface area (Å²) in [6.07, 6.45) is 13.4. The van der Waals surface area contributed by atoms with E-state index >= 15 is 0 Å². The molecule has 3 fully saturated rings. The maximum atomic E-state index is 12.6. The zero-order chi connectivity index (χ0) is 20.5. The van der Waals surface area contributed by atoms with Crippen molar-refractivity contribution >= 4 is 11.9 Å². The summed E-state index contributed by atoms with van der Waals surface area (Å²) in [4.78, 5) is 26.9. The van der Waals surface area contributed by atoms with Crippen LogP contribution in [0.1, 0.15) is 83.5 Å². The smallest absolute Gasteiger partial charge is 0.315 e. The van der Waals surface area contributed by atoms with Crippen molar-refractivity contribution in [3.05, 3.63) is 0 Å². The fourth-order valence-corrected chi connectivity index (χ4v) is 5.00. The van der Waals surface area contributed by atoms with E-state index in [-0.39, 0.29) is 18.0 Å². The lowest BCUT2D eigenvalue weighted by Crippen LogP contribution is -2.53. The predicted molar refractivity (Wildman–Crippen MR) is 112 cm³/mol. The van der Waals surface area contributed by atoms with Crippen molar-refractivity contribution in [2.45, 2.75) is 101 Å². The van der Waals surface area contributed by atoms with Crippen LogP contribution in [0, 0.1) is 11.3 Å². The molecule has 3 rings (SSSR count). The normalized spacial score (nSPS) is 24.1. The standard InChI is InChI=1S/C22H37N5O2/c23-17-22(12-6-1-2-7-13-22)26-20(28)16-27-14-10-19(11-15-27)25-21(29)24-18-8-4-3-5-9-18/h18-19H,1-16H2,(H,26,28)(H2,24,25,29). The molecule has 0 spiro atoms. The highest BCUT2D eigenvalue weighted by Crippen LogP contribution is 2.26. The van der Waals surface area contributed by atoms with Gasteiger partial charge in [0.2, 0.25) is 5.91 Å². The summed E-state index contributed by atoms with van der Waals surface area (Å²) >= 11 is 0. The van der Waals surface area contributed by atoms with Crippen molar-refractivity contribution in [3.8, 4) is 6.07 Å². The van der Waals surface area contributed by atoms with Crippen LogP contribution in [-0.2, 0) is 4.79 Å². The van der Waals surface area contributed by atoms with Gasteiger partial charge >= 0.3 is 6.03 Å². The summed E-state index contributed by atoms with van der Waals surface area (Å²) in [5.74, 6) is -0.0464. The van der Waals surface area contributed by atoms with E-state index in [0.29, 0.717) is 12.6 Å². The number of amides is 3. The van der Waals surface area contributed by atoms with E-state index in [9.17, 15) is 14.9 Å². The molecular formula is C22H37N5O2. The molecule has 0 unspecified atom stereocenters. The molecule has 0 atom stereocenters. The van der Waals surface area contributed by atoms with Gasteiger partial charge in [-0.1, -0.05) is 44.9 Å². The van der Waals surface area contributed by atoms with Crippen molar-refractivity contribution < 1.29 is 9.59 Å². The van der Waals surface area contributed by atoms with Gasteiger partial charge < -0.3 is 16.0 Å². The molecule has 7 nitrogen and oxygen atoms in total. The third kappa shape index (κ3) is 6.88. The molecule has 1 heterocycles. The van der Waals surface area contributed by atoms with E-state index in [1.807, 2.05) is 0 Å². The molecule has 0 aromatic heterocycles. The molecule has 0 aromatic rings. The fraction of sp³-hybridized carbons (Fsp3) is 0.864. The summed E-state index contributed by atoms with van der Waals surface area (Å²) in [6, 6.07) is 2.83. The highest BCUT2D eigenvalue weighted by atomic mass is 16.2. The van der Waals surface area contributed by atoms with Gasteiger partial charge in [-0.15, -0.1) is 0 Å². The first-order chi connectivity index (χ1) is 14.1. The van der Waals surface area contributed by atoms with Crippen LogP contribution in [0.15, 0.2) is 0 Å². The Kier molecular flexibility index (Phi) is 8.17. The van der Waals surface area contributed by atoms with Gasteiger partial charge in [0.05, 0.1) is 12.6 Å². The summed E-state index contributed by atoms with van der Waals surface area (Å²) < 4.78 is 0. The van der Waals surface area contributed by atoms with E-state index < -0.39 is 5.54 Å². The Morgan fingerprint density at radius 2 is 1.41 bits per heavy atom. The van der Waals surface area contributed by atoms with Crippen molar-refractivity contribution in [3.63, 3.8) is 0 Å². The quantitative estimate of drug-likeness (QED) is 0.615. The van der Waals surface area contributed by atoms with Crippen LogP contribution in [0.2, 0.25) is 0 Å². The lowest BCUT2D eigenvalue weighted by atomic mass is 9.92. The second-order valence-corrected chi connectivity index (χ2v) is 9.16. The largest absolute Gasteiger partial charge is 0.337 e. The van der Waals surface area contributed by atoms with Crippen LogP contribution in [0.4, 0.5) is 4.79 Å². The number of rotatable bonds is 5. The van der Waals surface area contributed by atoms with Gasteiger partial charge in [-0.05, 0) is 38.5 Å². The minimum Gasteiger partial charge on any atom is -0.337 e. The second-order valence-electron chi connectivity index (χ2n) is 9.16. The van der Waals surface area contributed by atoms with Gasteiger partial charge in [-0.3, -0.25) is 9.69 Å². The third-order valence-corrected chi connectivity index (χ3v) is 6.78. The Bertz CT molecular complexity index is 581. The molecule has 0 bridgehead atoms. The SMILES string of the molecule is N#CC1(NC(=O)CN2CCC(NC(=O)NC3CCCCC3)CC2)CCCCCC1.